The monoisotopic (exact) mass is 293 g/mol. The van der Waals surface area contributed by atoms with E-state index in [0.717, 1.165) is 11.3 Å². The predicted molar refractivity (Wildman–Crippen MR) is 81.6 cm³/mol. The number of hydrogen-bond donors (Lipinski definition) is 2. The van der Waals surface area contributed by atoms with E-state index in [1.54, 1.807) is 18.9 Å². The minimum Gasteiger partial charge on any atom is -0.469 e. The van der Waals surface area contributed by atoms with Gasteiger partial charge in [0.2, 0.25) is 5.91 Å². The molecule has 1 rings (SSSR count). The van der Waals surface area contributed by atoms with Gasteiger partial charge in [-0.2, -0.15) is 0 Å². The lowest BCUT2D eigenvalue weighted by atomic mass is 10.1. The summed E-state index contributed by atoms with van der Waals surface area (Å²) in [6.07, 6.45) is 0. The molecule has 21 heavy (non-hydrogen) atoms. The first-order chi connectivity index (χ1) is 9.97. The van der Waals surface area contributed by atoms with Crippen LogP contribution in [0.4, 0.5) is 5.69 Å². The van der Waals surface area contributed by atoms with Crippen LogP contribution in [0.5, 0.6) is 0 Å². The highest BCUT2D eigenvalue weighted by Gasteiger charge is 2.17. The molecule has 1 aromatic carbocycles. The van der Waals surface area contributed by atoms with Gasteiger partial charge >= 0.3 is 5.97 Å². The molecule has 0 fully saturated rings. The first kappa shape index (κ1) is 17.1. The quantitative estimate of drug-likeness (QED) is 0.727. The molecule has 1 amide bonds. The van der Waals surface area contributed by atoms with Crippen LogP contribution in [0, 0.1) is 5.92 Å². The summed E-state index contributed by atoms with van der Waals surface area (Å²) >= 11 is 0. The predicted octanol–water partition coefficient (Wildman–Crippen LogP) is 0.825. The van der Waals surface area contributed by atoms with E-state index in [-0.39, 0.29) is 24.3 Å². The van der Waals surface area contributed by atoms with E-state index in [1.807, 2.05) is 24.3 Å². The van der Waals surface area contributed by atoms with Gasteiger partial charge in [-0.05, 0) is 18.7 Å². The van der Waals surface area contributed by atoms with Crippen molar-refractivity contribution in [2.24, 2.45) is 11.7 Å². The standard InChI is InChI=1S/C15H23N3O3/c1-11(15(20)21-3)9-18(2)10-14(19)17-13-7-5-4-6-12(13)8-16/h4-7,11H,8-10,16H2,1-3H3,(H,17,19). The van der Waals surface area contributed by atoms with Gasteiger partial charge in [-0.15, -0.1) is 0 Å². The molecular formula is C15H23N3O3. The first-order valence-electron chi connectivity index (χ1n) is 6.82. The zero-order valence-corrected chi connectivity index (χ0v) is 12.8. The van der Waals surface area contributed by atoms with Crippen molar-refractivity contribution in [2.45, 2.75) is 13.5 Å². The van der Waals surface area contributed by atoms with E-state index in [9.17, 15) is 9.59 Å². The number of nitrogens with one attached hydrogen (secondary N) is 1. The summed E-state index contributed by atoms with van der Waals surface area (Å²) in [6, 6.07) is 7.41. The Kier molecular flexibility index (Phi) is 6.84. The summed E-state index contributed by atoms with van der Waals surface area (Å²) in [7, 11) is 3.14. The van der Waals surface area contributed by atoms with Gasteiger partial charge in [-0.3, -0.25) is 14.5 Å². The molecular weight excluding hydrogens is 270 g/mol. The second-order valence-corrected chi connectivity index (χ2v) is 5.03. The fourth-order valence-electron chi connectivity index (χ4n) is 2.06. The fourth-order valence-corrected chi connectivity index (χ4v) is 2.06. The summed E-state index contributed by atoms with van der Waals surface area (Å²) in [4.78, 5) is 25.1. The molecule has 0 aliphatic carbocycles. The average molecular weight is 293 g/mol. The summed E-state index contributed by atoms with van der Waals surface area (Å²) in [5.41, 5.74) is 7.24. The number of anilines is 1. The molecule has 0 aliphatic rings. The van der Waals surface area contributed by atoms with Crippen molar-refractivity contribution in [3.8, 4) is 0 Å². The average Bonchev–Trinajstić information content (AvgIpc) is 2.46. The van der Waals surface area contributed by atoms with Crippen LogP contribution in [-0.2, 0) is 20.9 Å². The maximum Gasteiger partial charge on any atom is 0.309 e. The van der Waals surface area contributed by atoms with E-state index in [2.05, 4.69) is 10.1 Å². The fraction of sp³-hybridized carbons (Fsp3) is 0.467. The van der Waals surface area contributed by atoms with Gasteiger partial charge in [-0.25, -0.2) is 0 Å². The van der Waals surface area contributed by atoms with Crippen LogP contribution in [0.15, 0.2) is 24.3 Å². The molecule has 0 heterocycles. The van der Waals surface area contributed by atoms with Crippen LogP contribution in [0.1, 0.15) is 12.5 Å². The molecule has 0 spiro atoms. The van der Waals surface area contributed by atoms with Gasteiger partial charge < -0.3 is 15.8 Å². The van der Waals surface area contributed by atoms with Gasteiger partial charge in [0, 0.05) is 18.8 Å². The third-order valence-electron chi connectivity index (χ3n) is 3.11. The maximum absolute atomic E-state index is 12.0. The number of hydrogen-bond acceptors (Lipinski definition) is 5. The number of nitrogens with zero attached hydrogens (tertiary/aromatic N) is 1. The number of methoxy groups -OCH3 is 1. The Morgan fingerprint density at radius 3 is 2.67 bits per heavy atom. The Hall–Kier alpha value is -1.92. The van der Waals surface area contributed by atoms with Gasteiger partial charge in [0.15, 0.2) is 0 Å². The number of carbonyl (C=O) groups is 2. The van der Waals surface area contributed by atoms with E-state index in [4.69, 9.17) is 5.73 Å². The van der Waals surface area contributed by atoms with Crippen LogP contribution in [-0.4, -0.2) is 44.0 Å². The molecule has 1 unspecified atom stereocenters. The molecule has 0 bridgehead atoms. The highest BCUT2D eigenvalue weighted by Crippen LogP contribution is 2.14. The minimum atomic E-state index is -0.282. The van der Waals surface area contributed by atoms with Gasteiger partial charge in [-0.1, -0.05) is 25.1 Å². The number of carbonyl (C=O) groups excluding carboxylic acids is 2. The minimum absolute atomic E-state index is 0.143. The van der Waals surface area contributed by atoms with E-state index in [0.29, 0.717) is 13.1 Å². The summed E-state index contributed by atoms with van der Waals surface area (Å²) in [5, 5.41) is 2.83. The molecule has 0 aliphatic heterocycles. The second kappa shape index (κ2) is 8.39. The summed E-state index contributed by atoms with van der Waals surface area (Å²) in [6.45, 7) is 2.79. The lowest BCUT2D eigenvalue weighted by Crippen LogP contribution is -2.35. The van der Waals surface area contributed by atoms with Crippen LogP contribution < -0.4 is 11.1 Å². The van der Waals surface area contributed by atoms with Crippen molar-refractivity contribution in [2.75, 3.05) is 32.6 Å². The zero-order chi connectivity index (χ0) is 15.8. The van der Waals surface area contributed by atoms with Crippen molar-refractivity contribution >= 4 is 17.6 Å². The van der Waals surface area contributed by atoms with Crippen LogP contribution in [0.2, 0.25) is 0 Å². The number of ether oxygens (including phenoxy) is 1. The molecule has 0 radical (unpaired) electrons. The van der Waals surface area contributed by atoms with E-state index in [1.165, 1.54) is 7.11 Å². The second-order valence-electron chi connectivity index (χ2n) is 5.03. The number of rotatable bonds is 7. The third kappa shape index (κ3) is 5.53. The highest BCUT2D eigenvalue weighted by atomic mass is 16.5. The normalized spacial score (nSPS) is 12.0. The van der Waals surface area contributed by atoms with Gasteiger partial charge in [0.1, 0.15) is 0 Å². The lowest BCUT2D eigenvalue weighted by molar-refractivity contribution is -0.145. The highest BCUT2D eigenvalue weighted by molar-refractivity contribution is 5.93. The van der Waals surface area contributed by atoms with E-state index >= 15 is 0 Å². The molecule has 0 saturated heterocycles. The number of likely N-dealkylation sites (N-methyl/N-ethyl adjacent to an activating group) is 1. The Morgan fingerprint density at radius 2 is 2.05 bits per heavy atom. The summed E-state index contributed by atoms with van der Waals surface area (Å²) in [5.74, 6) is -0.699. The number of para-hydroxylation sites is 1. The molecule has 3 N–H and O–H groups in total. The summed E-state index contributed by atoms with van der Waals surface area (Å²) < 4.78 is 4.66. The number of esters is 1. The molecule has 1 atom stereocenters. The van der Waals surface area contributed by atoms with Gasteiger partial charge in [0.05, 0.1) is 19.6 Å². The van der Waals surface area contributed by atoms with Crippen molar-refractivity contribution in [1.29, 1.82) is 0 Å². The number of benzene rings is 1. The molecule has 6 nitrogen and oxygen atoms in total. The van der Waals surface area contributed by atoms with E-state index < -0.39 is 0 Å². The SMILES string of the molecule is COC(=O)C(C)CN(C)CC(=O)Nc1ccccc1CN. The van der Waals surface area contributed by atoms with Crippen molar-refractivity contribution < 1.29 is 14.3 Å². The van der Waals surface area contributed by atoms with Crippen molar-refractivity contribution in [3.63, 3.8) is 0 Å². The molecule has 0 saturated carbocycles. The zero-order valence-electron chi connectivity index (χ0n) is 12.8. The Morgan fingerprint density at radius 1 is 1.38 bits per heavy atom. The van der Waals surface area contributed by atoms with Crippen molar-refractivity contribution in [3.05, 3.63) is 29.8 Å². The van der Waals surface area contributed by atoms with Crippen LogP contribution >= 0.6 is 0 Å². The van der Waals surface area contributed by atoms with Gasteiger partial charge in [0.25, 0.3) is 0 Å². The first-order valence-corrected chi connectivity index (χ1v) is 6.82. The van der Waals surface area contributed by atoms with Crippen LogP contribution in [0.3, 0.4) is 0 Å². The molecule has 1 aromatic rings. The molecule has 6 heteroatoms. The molecule has 0 aromatic heterocycles. The number of amides is 1. The Balaban J connectivity index is 2.51. The van der Waals surface area contributed by atoms with Crippen molar-refractivity contribution in [1.82, 2.24) is 4.90 Å². The largest absolute Gasteiger partial charge is 0.469 e. The Bertz CT molecular complexity index is 491. The lowest BCUT2D eigenvalue weighted by Gasteiger charge is -2.19. The topological polar surface area (TPSA) is 84.7 Å². The van der Waals surface area contributed by atoms with Crippen LogP contribution in [0.25, 0.3) is 0 Å². The third-order valence-corrected chi connectivity index (χ3v) is 3.11. The Labute approximate surface area is 125 Å². The maximum atomic E-state index is 12.0. The molecule has 116 valence electrons. The smallest absolute Gasteiger partial charge is 0.309 e. The number of nitrogens with two attached hydrogens (primary N) is 1.